The number of amides is 1. The number of carbonyl (C=O) groups is 2. The average Bonchev–Trinajstić information content (AvgIpc) is 3.53. The van der Waals surface area contributed by atoms with Gasteiger partial charge in [0.15, 0.2) is 0 Å². The van der Waals surface area contributed by atoms with Crippen LogP contribution in [0.1, 0.15) is 73.0 Å². The van der Waals surface area contributed by atoms with Crippen molar-refractivity contribution in [3.8, 4) is 0 Å². The lowest BCUT2D eigenvalue weighted by atomic mass is 9.93. The first-order valence-corrected chi connectivity index (χ1v) is 10.8. The smallest absolute Gasteiger partial charge is 0.410 e. The molecule has 0 atom stereocenters. The fourth-order valence-corrected chi connectivity index (χ4v) is 4.29. The van der Waals surface area contributed by atoms with Gasteiger partial charge in [0, 0.05) is 24.8 Å². The number of carboxylic acid groups (broad SMARTS) is 1. The summed E-state index contributed by atoms with van der Waals surface area (Å²) in [6.45, 7) is 7.87. The van der Waals surface area contributed by atoms with Crippen LogP contribution in [0.4, 0.5) is 9.18 Å². The van der Waals surface area contributed by atoms with Gasteiger partial charge in [0.05, 0.1) is 5.52 Å². The molecule has 170 valence electrons. The fraction of sp³-hybridized carbons (Fsp3) is 0.458. The molecule has 7 nitrogen and oxygen atoms in total. The second-order valence-corrected chi connectivity index (χ2v) is 9.50. The van der Waals surface area contributed by atoms with Gasteiger partial charge in [-0.05, 0) is 75.6 Å². The summed E-state index contributed by atoms with van der Waals surface area (Å²) >= 11 is 0. The summed E-state index contributed by atoms with van der Waals surface area (Å²) in [5, 5.41) is 9.43. The van der Waals surface area contributed by atoms with Gasteiger partial charge in [0.1, 0.15) is 17.0 Å². The Labute approximate surface area is 185 Å². The number of hydrogen-bond donors (Lipinski definition) is 1. The number of pyridine rings is 2. The van der Waals surface area contributed by atoms with E-state index in [1.807, 2.05) is 6.08 Å². The zero-order chi connectivity index (χ0) is 23.4. The Balaban J connectivity index is 1.77. The summed E-state index contributed by atoms with van der Waals surface area (Å²) in [4.78, 5) is 38.2. The van der Waals surface area contributed by atoms with Gasteiger partial charge in [0.25, 0.3) is 5.56 Å². The third-order valence-corrected chi connectivity index (χ3v) is 5.90. The topological polar surface area (TPSA) is 88.3 Å². The van der Waals surface area contributed by atoms with E-state index in [4.69, 9.17) is 4.74 Å². The lowest BCUT2D eigenvalue weighted by molar-refractivity contribution is 0.0270. The minimum atomic E-state index is -1.31. The molecule has 0 aromatic carbocycles. The van der Waals surface area contributed by atoms with Gasteiger partial charge in [0.2, 0.25) is 0 Å². The molecule has 2 aromatic rings. The molecule has 2 aliphatic rings. The van der Waals surface area contributed by atoms with E-state index in [1.54, 1.807) is 32.6 Å². The summed E-state index contributed by atoms with van der Waals surface area (Å²) in [6, 6.07) is 1.45. The van der Waals surface area contributed by atoms with E-state index in [2.05, 4.69) is 0 Å². The minimum absolute atomic E-state index is 0.170. The molecule has 0 unspecified atom stereocenters. The maximum atomic E-state index is 15.3. The van der Waals surface area contributed by atoms with Crippen molar-refractivity contribution in [3.63, 3.8) is 0 Å². The zero-order valence-corrected chi connectivity index (χ0v) is 18.7. The Kier molecular flexibility index (Phi) is 5.35. The molecule has 1 aliphatic heterocycles. The molecule has 3 heterocycles. The third kappa shape index (κ3) is 4.01. The van der Waals surface area contributed by atoms with Gasteiger partial charge in [-0.3, -0.25) is 9.20 Å². The van der Waals surface area contributed by atoms with Gasteiger partial charge in [-0.1, -0.05) is 6.08 Å². The number of carboxylic acids is 1. The van der Waals surface area contributed by atoms with Crippen LogP contribution in [0.15, 0.2) is 23.1 Å². The van der Waals surface area contributed by atoms with E-state index in [0.29, 0.717) is 36.2 Å². The monoisotopic (exact) mass is 442 g/mol. The minimum Gasteiger partial charge on any atom is -0.477 e. The van der Waals surface area contributed by atoms with E-state index in [9.17, 15) is 19.5 Å². The number of rotatable bonds is 3. The van der Waals surface area contributed by atoms with Crippen molar-refractivity contribution >= 4 is 23.2 Å². The molecule has 0 radical (unpaired) electrons. The Hall–Kier alpha value is -3.16. The molecule has 1 amide bonds. The Morgan fingerprint density at radius 1 is 1.25 bits per heavy atom. The number of aromatic carboxylic acids is 1. The molecule has 4 rings (SSSR count). The Morgan fingerprint density at radius 2 is 1.94 bits per heavy atom. The van der Waals surface area contributed by atoms with E-state index in [1.165, 1.54) is 6.07 Å². The van der Waals surface area contributed by atoms with Crippen LogP contribution in [-0.4, -0.2) is 45.2 Å². The molecule has 8 heteroatoms. The molecule has 1 fully saturated rings. The predicted octanol–water partition coefficient (Wildman–Crippen LogP) is 4.35. The number of aryl methyl sites for hydroxylation is 1. The largest absolute Gasteiger partial charge is 0.477 e. The quantitative estimate of drug-likeness (QED) is 0.764. The zero-order valence-electron chi connectivity index (χ0n) is 18.7. The maximum absolute atomic E-state index is 15.3. The summed E-state index contributed by atoms with van der Waals surface area (Å²) in [6.07, 6.45) is 4.77. The second-order valence-electron chi connectivity index (χ2n) is 9.50. The van der Waals surface area contributed by atoms with Crippen molar-refractivity contribution < 1.29 is 23.8 Å². The standard InChI is InChI=1S/C24H27FN2O5/c1-13-19(15-7-9-26(10-8-15)23(31)32-24(2,3)4)18(25)12-27-20(13)16(14-5-6-14)11-17(21(27)28)22(29)30/h7,11-12,14H,5-6,8-10H2,1-4H3,(H,29,30). The lowest BCUT2D eigenvalue weighted by Crippen LogP contribution is -2.39. The number of halogens is 1. The number of nitrogens with zero attached hydrogens (tertiary/aromatic N) is 2. The highest BCUT2D eigenvalue weighted by Gasteiger charge is 2.31. The van der Waals surface area contributed by atoms with E-state index >= 15 is 4.39 Å². The molecular formula is C24H27FN2O5. The first-order valence-electron chi connectivity index (χ1n) is 10.8. The summed E-state index contributed by atoms with van der Waals surface area (Å²) < 4.78 is 21.8. The van der Waals surface area contributed by atoms with E-state index in [-0.39, 0.29) is 11.5 Å². The predicted molar refractivity (Wildman–Crippen MR) is 118 cm³/mol. The third-order valence-electron chi connectivity index (χ3n) is 5.90. The molecule has 1 aliphatic carbocycles. The highest BCUT2D eigenvalue weighted by molar-refractivity contribution is 5.89. The second kappa shape index (κ2) is 7.76. The van der Waals surface area contributed by atoms with Crippen molar-refractivity contribution in [2.45, 2.75) is 58.5 Å². The molecule has 1 saturated carbocycles. The van der Waals surface area contributed by atoms with Crippen LogP contribution in [0.2, 0.25) is 0 Å². The van der Waals surface area contributed by atoms with E-state index < -0.39 is 29.0 Å². The van der Waals surface area contributed by atoms with Crippen molar-refractivity contribution in [1.29, 1.82) is 0 Å². The molecule has 32 heavy (non-hydrogen) atoms. The highest BCUT2D eigenvalue weighted by atomic mass is 19.1. The Bertz CT molecular complexity index is 1220. The number of aromatic nitrogens is 1. The number of ether oxygens (including phenoxy) is 1. The fourth-order valence-electron chi connectivity index (χ4n) is 4.29. The van der Waals surface area contributed by atoms with Gasteiger partial charge < -0.3 is 14.7 Å². The first kappa shape index (κ1) is 22.0. The molecule has 0 spiro atoms. The number of hydrogen-bond acceptors (Lipinski definition) is 4. The molecule has 0 saturated heterocycles. The van der Waals surface area contributed by atoms with E-state index in [0.717, 1.165) is 34.6 Å². The van der Waals surface area contributed by atoms with Crippen LogP contribution in [0.5, 0.6) is 0 Å². The summed E-state index contributed by atoms with van der Waals surface area (Å²) in [5.74, 6) is -1.73. The summed E-state index contributed by atoms with van der Waals surface area (Å²) in [5.41, 5.74) is 1.46. The first-order chi connectivity index (χ1) is 15.0. The van der Waals surface area contributed by atoms with Crippen LogP contribution in [0, 0.1) is 12.7 Å². The molecule has 0 bridgehead atoms. The van der Waals surface area contributed by atoms with Crippen molar-refractivity contribution in [2.75, 3.05) is 13.1 Å². The highest BCUT2D eigenvalue weighted by Crippen LogP contribution is 2.43. The molecular weight excluding hydrogens is 415 g/mol. The van der Waals surface area contributed by atoms with Gasteiger partial charge >= 0.3 is 12.1 Å². The van der Waals surface area contributed by atoms with Crippen LogP contribution in [0.25, 0.3) is 11.1 Å². The van der Waals surface area contributed by atoms with Crippen LogP contribution >= 0.6 is 0 Å². The number of carbonyl (C=O) groups excluding carboxylic acids is 1. The van der Waals surface area contributed by atoms with Crippen LogP contribution in [0.3, 0.4) is 0 Å². The molecule has 1 N–H and O–H groups in total. The van der Waals surface area contributed by atoms with Crippen molar-refractivity contribution in [1.82, 2.24) is 9.30 Å². The molecule has 2 aromatic heterocycles. The average molecular weight is 442 g/mol. The maximum Gasteiger partial charge on any atom is 0.410 e. The summed E-state index contributed by atoms with van der Waals surface area (Å²) in [7, 11) is 0. The normalized spacial score (nSPS) is 16.8. The van der Waals surface area contributed by atoms with Crippen LogP contribution in [-0.2, 0) is 4.74 Å². The SMILES string of the molecule is Cc1c(C2=CCN(C(=O)OC(C)(C)C)CC2)c(F)cn2c(=O)c(C(=O)O)cc(C3CC3)c12. The van der Waals surface area contributed by atoms with Crippen molar-refractivity contribution in [3.05, 3.63) is 56.8 Å². The van der Waals surface area contributed by atoms with Gasteiger partial charge in [-0.15, -0.1) is 0 Å². The number of fused-ring (bicyclic) bond motifs is 1. The van der Waals surface area contributed by atoms with Crippen molar-refractivity contribution in [2.24, 2.45) is 0 Å². The van der Waals surface area contributed by atoms with Crippen LogP contribution < -0.4 is 5.56 Å². The Morgan fingerprint density at radius 3 is 2.47 bits per heavy atom. The van der Waals surface area contributed by atoms with Gasteiger partial charge in [-0.25, -0.2) is 14.0 Å². The lowest BCUT2D eigenvalue weighted by Gasteiger charge is -2.30. The van der Waals surface area contributed by atoms with Gasteiger partial charge in [-0.2, -0.15) is 0 Å².